The molecule has 0 aromatic heterocycles. The summed E-state index contributed by atoms with van der Waals surface area (Å²) in [6.07, 6.45) is 1.16. The number of anilines is 2. The van der Waals surface area contributed by atoms with E-state index in [1.54, 1.807) is 6.07 Å². The Hall–Kier alpha value is -1.73. The Morgan fingerprint density at radius 2 is 2.06 bits per heavy atom. The molecule has 0 amide bonds. The Labute approximate surface area is 102 Å². The van der Waals surface area contributed by atoms with Crippen molar-refractivity contribution in [3.8, 4) is 6.07 Å². The van der Waals surface area contributed by atoms with Crippen LogP contribution in [0.4, 0.5) is 11.4 Å². The van der Waals surface area contributed by atoms with Crippen LogP contribution in [-0.2, 0) is 0 Å². The number of nitrogen functional groups attached to an aromatic ring is 1. The van der Waals surface area contributed by atoms with Crippen molar-refractivity contribution in [1.82, 2.24) is 4.90 Å². The van der Waals surface area contributed by atoms with Crippen molar-refractivity contribution in [2.24, 2.45) is 0 Å². The minimum atomic E-state index is 0.556. The quantitative estimate of drug-likeness (QED) is 0.738. The van der Waals surface area contributed by atoms with Crippen molar-refractivity contribution >= 4 is 11.4 Å². The van der Waals surface area contributed by atoms with Crippen LogP contribution in [0.3, 0.4) is 0 Å². The fourth-order valence-corrected chi connectivity index (χ4v) is 2.15. The van der Waals surface area contributed by atoms with Gasteiger partial charge >= 0.3 is 0 Å². The molecule has 2 rings (SSSR count). The second-order valence-corrected chi connectivity index (χ2v) is 4.53. The molecule has 4 heteroatoms. The van der Waals surface area contributed by atoms with Gasteiger partial charge in [0, 0.05) is 25.3 Å². The zero-order valence-electron chi connectivity index (χ0n) is 10.2. The normalized spacial score (nSPS) is 17.5. The molecule has 1 aliphatic rings. The molecular formula is C13H18N4. The van der Waals surface area contributed by atoms with Gasteiger partial charge in [0.15, 0.2) is 0 Å². The largest absolute Gasteiger partial charge is 0.398 e. The number of hydrogen-bond donors (Lipinski definition) is 1. The molecule has 0 bridgehead atoms. The van der Waals surface area contributed by atoms with E-state index in [-0.39, 0.29) is 0 Å². The number of hydrogen-bond acceptors (Lipinski definition) is 4. The molecule has 1 aliphatic heterocycles. The maximum absolute atomic E-state index is 8.85. The second-order valence-electron chi connectivity index (χ2n) is 4.53. The maximum Gasteiger partial charge on any atom is 0.101 e. The molecule has 0 atom stereocenters. The van der Waals surface area contributed by atoms with Crippen LogP contribution in [0, 0.1) is 11.3 Å². The second kappa shape index (κ2) is 5.07. The van der Waals surface area contributed by atoms with Gasteiger partial charge in [0.2, 0.25) is 0 Å². The van der Waals surface area contributed by atoms with Gasteiger partial charge in [0.25, 0.3) is 0 Å². The Balaban J connectivity index is 2.17. The summed E-state index contributed by atoms with van der Waals surface area (Å²) < 4.78 is 0. The smallest absolute Gasteiger partial charge is 0.101 e. The number of rotatable bonds is 1. The molecule has 0 radical (unpaired) electrons. The predicted molar refractivity (Wildman–Crippen MR) is 69.9 cm³/mol. The van der Waals surface area contributed by atoms with Crippen LogP contribution in [0.1, 0.15) is 12.0 Å². The summed E-state index contributed by atoms with van der Waals surface area (Å²) in [5.74, 6) is 0. The Morgan fingerprint density at radius 1 is 1.24 bits per heavy atom. The Kier molecular flexibility index (Phi) is 3.50. The third-order valence-electron chi connectivity index (χ3n) is 3.24. The van der Waals surface area contributed by atoms with Gasteiger partial charge in [-0.05, 0) is 38.2 Å². The van der Waals surface area contributed by atoms with Gasteiger partial charge in [0.05, 0.1) is 11.3 Å². The number of benzene rings is 1. The number of nitriles is 1. The number of nitrogens with zero attached hydrogens (tertiary/aromatic N) is 3. The highest BCUT2D eigenvalue weighted by atomic mass is 15.2. The SMILES string of the molecule is CN1CCCN(c2ccc(C#N)c(N)c2)CC1. The highest BCUT2D eigenvalue weighted by molar-refractivity contribution is 5.63. The molecule has 0 spiro atoms. The van der Waals surface area contributed by atoms with Gasteiger partial charge in [-0.3, -0.25) is 0 Å². The van der Waals surface area contributed by atoms with E-state index in [0.717, 1.165) is 38.3 Å². The van der Waals surface area contributed by atoms with Gasteiger partial charge in [-0.15, -0.1) is 0 Å². The van der Waals surface area contributed by atoms with Gasteiger partial charge in [-0.25, -0.2) is 0 Å². The Morgan fingerprint density at radius 3 is 2.76 bits per heavy atom. The molecule has 0 aliphatic carbocycles. The van der Waals surface area contributed by atoms with Crippen LogP contribution in [0.2, 0.25) is 0 Å². The van der Waals surface area contributed by atoms with E-state index >= 15 is 0 Å². The average Bonchev–Trinajstić information content (AvgIpc) is 2.54. The van der Waals surface area contributed by atoms with E-state index in [2.05, 4.69) is 22.9 Å². The van der Waals surface area contributed by atoms with Crippen LogP contribution in [0.5, 0.6) is 0 Å². The standard InChI is InChI=1S/C13H18N4/c1-16-5-2-6-17(8-7-16)12-4-3-11(10-14)13(15)9-12/h3-4,9H,2,5-8,15H2,1H3. The van der Waals surface area contributed by atoms with Gasteiger partial charge in [-0.1, -0.05) is 0 Å². The van der Waals surface area contributed by atoms with Crippen LogP contribution >= 0.6 is 0 Å². The highest BCUT2D eigenvalue weighted by Gasteiger charge is 2.13. The first-order valence-corrected chi connectivity index (χ1v) is 5.94. The summed E-state index contributed by atoms with van der Waals surface area (Å²) in [6.45, 7) is 4.28. The first-order valence-electron chi connectivity index (χ1n) is 5.94. The summed E-state index contributed by atoms with van der Waals surface area (Å²) >= 11 is 0. The number of nitrogens with two attached hydrogens (primary N) is 1. The molecule has 17 heavy (non-hydrogen) atoms. The van der Waals surface area contributed by atoms with Crippen molar-refractivity contribution in [2.75, 3.05) is 43.9 Å². The molecule has 0 unspecified atom stereocenters. The highest BCUT2D eigenvalue weighted by Crippen LogP contribution is 2.22. The van der Waals surface area contributed by atoms with Gasteiger partial charge < -0.3 is 15.5 Å². The first kappa shape index (κ1) is 11.7. The molecule has 4 nitrogen and oxygen atoms in total. The Bertz CT molecular complexity index is 436. The molecule has 2 N–H and O–H groups in total. The first-order chi connectivity index (χ1) is 8.20. The monoisotopic (exact) mass is 230 g/mol. The average molecular weight is 230 g/mol. The van der Waals surface area contributed by atoms with Crippen LogP contribution in [-0.4, -0.2) is 38.1 Å². The zero-order chi connectivity index (χ0) is 12.3. The summed E-state index contributed by atoms with van der Waals surface area (Å²) in [5, 5.41) is 8.85. The van der Waals surface area contributed by atoms with E-state index in [0.29, 0.717) is 11.3 Å². The fraction of sp³-hybridized carbons (Fsp3) is 0.462. The van der Waals surface area contributed by atoms with E-state index in [9.17, 15) is 0 Å². The lowest BCUT2D eigenvalue weighted by molar-refractivity contribution is 0.360. The topological polar surface area (TPSA) is 56.3 Å². The lowest BCUT2D eigenvalue weighted by Crippen LogP contribution is -2.28. The minimum absolute atomic E-state index is 0.556. The zero-order valence-corrected chi connectivity index (χ0v) is 10.2. The molecular weight excluding hydrogens is 212 g/mol. The minimum Gasteiger partial charge on any atom is -0.398 e. The van der Waals surface area contributed by atoms with Gasteiger partial charge in [0.1, 0.15) is 6.07 Å². The summed E-state index contributed by atoms with van der Waals surface area (Å²) in [6, 6.07) is 7.79. The maximum atomic E-state index is 8.85. The fourth-order valence-electron chi connectivity index (χ4n) is 2.15. The number of likely N-dealkylation sites (N-methyl/N-ethyl adjacent to an activating group) is 1. The summed E-state index contributed by atoms with van der Waals surface area (Å²) in [7, 11) is 2.15. The van der Waals surface area contributed by atoms with E-state index < -0.39 is 0 Å². The van der Waals surface area contributed by atoms with Crippen LogP contribution in [0.15, 0.2) is 18.2 Å². The van der Waals surface area contributed by atoms with Crippen molar-refractivity contribution < 1.29 is 0 Å². The molecule has 1 heterocycles. The summed E-state index contributed by atoms with van der Waals surface area (Å²) in [4.78, 5) is 4.67. The third-order valence-corrected chi connectivity index (χ3v) is 3.24. The van der Waals surface area contributed by atoms with Gasteiger partial charge in [-0.2, -0.15) is 5.26 Å². The molecule has 0 saturated carbocycles. The molecule has 1 fully saturated rings. The van der Waals surface area contributed by atoms with E-state index in [4.69, 9.17) is 11.0 Å². The molecule has 90 valence electrons. The van der Waals surface area contributed by atoms with E-state index in [1.165, 1.54) is 0 Å². The van der Waals surface area contributed by atoms with Crippen LogP contribution < -0.4 is 10.6 Å². The molecule has 1 saturated heterocycles. The predicted octanol–water partition coefficient (Wildman–Crippen LogP) is 1.28. The van der Waals surface area contributed by atoms with Crippen LogP contribution in [0.25, 0.3) is 0 Å². The van der Waals surface area contributed by atoms with Crippen molar-refractivity contribution in [1.29, 1.82) is 5.26 Å². The molecule has 1 aromatic rings. The third kappa shape index (κ3) is 2.69. The van der Waals surface area contributed by atoms with Crippen molar-refractivity contribution in [3.05, 3.63) is 23.8 Å². The van der Waals surface area contributed by atoms with Crippen molar-refractivity contribution in [3.63, 3.8) is 0 Å². The lowest BCUT2D eigenvalue weighted by Gasteiger charge is -2.23. The van der Waals surface area contributed by atoms with E-state index in [1.807, 2.05) is 12.1 Å². The molecule has 1 aromatic carbocycles. The summed E-state index contributed by atoms with van der Waals surface area (Å²) in [5.41, 5.74) is 8.10. The lowest BCUT2D eigenvalue weighted by atomic mass is 10.1. The van der Waals surface area contributed by atoms with Crippen molar-refractivity contribution in [2.45, 2.75) is 6.42 Å².